The number of rotatable bonds is 4. The van der Waals surface area contributed by atoms with E-state index in [1.54, 1.807) is 15.6 Å². The molecule has 3 heterocycles. The quantitative estimate of drug-likeness (QED) is 0.575. The van der Waals surface area contributed by atoms with Gasteiger partial charge in [0.05, 0.1) is 28.0 Å². The number of nitrogens with one attached hydrogen (secondary N) is 1. The van der Waals surface area contributed by atoms with Crippen LogP contribution in [0, 0.1) is 6.92 Å². The molecule has 3 aromatic heterocycles. The average molecular weight is 351 g/mol. The predicted molar refractivity (Wildman–Crippen MR) is 98.1 cm³/mol. The van der Waals surface area contributed by atoms with Crippen LogP contribution in [0.4, 0.5) is 0 Å². The molecule has 8 nitrogen and oxygen atoms in total. The van der Waals surface area contributed by atoms with Gasteiger partial charge in [-0.2, -0.15) is 15.3 Å². The highest BCUT2D eigenvalue weighted by Gasteiger charge is 2.28. The Morgan fingerprint density at radius 1 is 1.31 bits per heavy atom. The van der Waals surface area contributed by atoms with E-state index in [0.29, 0.717) is 17.2 Å². The van der Waals surface area contributed by atoms with E-state index in [1.165, 1.54) is 0 Å². The number of carbonyl (C=O) groups excluding carboxylic acids is 1. The smallest absolute Gasteiger partial charge is 0.267 e. The third kappa shape index (κ3) is 2.77. The van der Waals surface area contributed by atoms with Crippen LogP contribution in [-0.2, 0) is 14.1 Å². The second-order valence-electron chi connectivity index (χ2n) is 6.75. The zero-order valence-electron chi connectivity index (χ0n) is 15.3. The minimum atomic E-state index is -0.253. The highest BCUT2D eigenvalue weighted by atomic mass is 16.2. The molecule has 1 aliphatic rings. The van der Waals surface area contributed by atoms with E-state index in [-0.39, 0.29) is 5.91 Å². The lowest BCUT2D eigenvalue weighted by Gasteiger charge is -2.07. The van der Waals surface area contributed by atoms with Gasteiger partial charge >= 0.3 is 0 Å². The molecule has 0 bridgehead atoms. The van der Waals surface area contributed by atoms with E-state index in [0.717, 1.165) is 41.0 Å². The summed E-state index contributed by atoms with van der Waals surface area (Å²) in [5.74, 6) is 0.192. The Balaban J connectivity index is 1.71. The first-order valence-corrected chi connectivity index (χ1v) is 8.63. The molecular weight excluding hydrogens is 330 g/mol. The lowest BCUT2D eigenvalue weighted by atomic mass is 10.1. The first-order chi connectivity index (χ1) is 12.5. The predicted octanol–water partition coefficient (Wildman–Crippen LogP) is 2.04. The molecule has 0 aromatic carbocycles. The van der Waals surface area contributed by atoms with Crippen molar-refractivity contribution < 1.29 is 4.79 Å². The summed E-state index contributed by atoms with van der Waals surface area (Å²) < 4.78 is 3.45. The summed E-state index contributed by atoms with van der Waals surface area (Å²) in [6.07, 6.45) is 3.94. The summed E-state index contributed by atoms with van der Waals surface area (Å²) in [6, 6.07) is 3.74. The molecule has 1 saturated carbocycles. The molecule has 0 saturated heterocycles. The average Bonchev–Trinajstić information content (AvgIpc) is 3.32. The van der Waals surface area contributed by atoms with Crippen LogP contribution in [0.5, 0.6) is 0 Å². The number of hydrogen-bond acceptors (Lipinski definition) is 5. The van der Waals surface area contributed by atoms with Crippen LogP contribution in [0.25, 0.3) is 11.0 Å². The van der Waals surface area contributed by atoms with Crippen molar-refractivity contribution in [3.63, 3.8) is 0 Å². The van der Waals surface area contributed by atoms with Crippen molar-refractivity contribution in [2.45, 2.75) is 32.6 Å². The number of aromatic nitrogens is 5. The fourth-order valence-electron chi connectivity index (χ4n) is 3.21. The van der Waals surface area contributed by atoms with Crippen LogP contribution in [-0.4, -0.2) is 36.2 Å². The van der Waals surface area contributed by atoms with Crippen molar-refractivity contribution in [3.05, 3.63) is 41.0 Å². The van der Waals surface area contributed by atoms with Gasteiger partial charge in [0.25, 0.3) is 5.91 Å². The number of pyridine rings is 1. The maximum atomic E-state index is 12.9. The Bertz CT molecular complexity index is 1040. The van der Waals surface area contributed by atoms with Gasteiger partial charge in [-0.3, -0.25) is 14.2 Å². The topological polar surface area (TPSA) is 90.0 Å². The molecule has 1 N–H and O–H groups in total. The third-order valence-corrected chi connectivity index (χ3v) is 4.75. The summed E-state index contributed by atoms with van der Waals surface area (Å²) in [4.78, 5) is 17.6. The molecule has 4 rings (SSSR count). The Labute approximate surface area is 150 Å². The van der Waals surface area contributed by atoms with Gasteiger partial charge in [-0.1, -0.05) is 0 Å². The second-order valence-corrected chi connectivity index (χ2v) is 6.75. The number of carbonyl (C=O) groups is 1. The van der Waals surface area contributed by atoms with Crippen LogP contribution in [0.15, 0.2) is 23.4 Å². The Morgan fingerprint density at radius 2 is 2.08 bits per heavy atom. The van der Waals surface area contributed by atoms with Crippen molar-refractivity contribution in [2.24, 2.45) is 19.2 Å². The molecule has 0 unspecified atom stereocenters. The van der Waals surface area contributed by atoms with Gasteiger partial charge in [0, 0.05) is 31.9 Å². The van der Waals surface area contributed by atoms with Crippen molar-refractivity contribution in [2.75, 3.05) is 0 Å². The van der Waals surface area contributed by atoms with Crippen LogP contribution < -0.4 is 5.43 Å². The van der Waals surface area contributed by atoms with E-state index in [1.807, 2.05) is 40.1 Å². The summed E-state index contributed by atoms with van der Waals surface area (Å²) in [5.41, 5.74) is 7.27. The monoisotopic (exact) mass is 351 g/mol. The standard InChI is InChI=1S/C18H21N7O/c1-10(15-7-8-19-24(15)3)21-22-18(26)13-9-14(12-5-6-12)20-17-16(13)11(2)23-25(17)4/h7-9,12H,5-6H2,1-4H3,(H,22,26). The molecule has 134 valence electrons. The van der Waals surface area contributed by atoms with E-state index < -0.39 is 0 Å². The Morgan fingerprint density at radius 3 is 2.73 bits per heavy atom. The molecule has 8 heteroatoms. The molecule has 0 radical (unpaired) electrons. The summed E-state index contributed by atoms with van der Waals surface area (Å²) in [6.45, 7) is 3.73. The van der Waals surface area contributed by atoms with E-state index >= 15 is 0 Å². The van der Waals surface area contributed by atoms with E-state index in [9.17, 15) is 4.79 Å². The molecule has 0 atom stereocenters. The van der Waals surface area contributed by atoms with Gasteiger partial charge in [0.2, 0.25) is 0 Å². The normalized spacial score (nSPS) is 14.8. The fourth-order valence-corrected chi connectivity index (χ4v) is 3.21. The minimum absolute atomic E-state index is 0.253. The first kappa shape index (κ1) is 16.4. The maximum Gasteiger partial charge on any atom is 0.272 e. The SMILES string of the molecule is CC(=NNC(=O)c1cc(C2CC2)nc2c1c(C)nn2C)c1ccnn1C. The molecule has 1 fully saturated rings. The summed E-state index contributed by atoms with van der Waals surface area (Å²) in [5, 5.41) is 13.6. The van der Waals surface area contributed by atoms with Gasteiger partial charge < -0.3 is 0 Å². The Kier molecular flexibility index (Phi) is 3.82. The molecule has 1 aliphatic carbocycles. The van der Waals surface area contributed by atoms with Gasteiger partial charge in [0.1, 0.15) is 0 Å². The second kappa shape index (κ2) is 6.05. The van der Waals surface area contributed by atoms with Gasteiger partial charge in [-0.25, -0.2) is 10.4 Å². The molecular formula is C18H21N7O. The third-order valence-electron chi connectivity index (χ3n) is 4.75. The van der Waals surface area contributed by atoms with Gasteiger partial charge in [-0.05, 0) is 38.8 Å². The van der Waals surface area contributed by atoms with Crippen molar-refractivity contribution in [1.29, 1.82) is 0 Å². The van der Waals surface area contributed by atoms with Crippen LogP contribution >= 0.6 is 0 Å². The fraction of sp³-hybridized carbons (Fsp3) is 0.389. The molecule has 0 aliphatic heterocycles. The summed E-state index contributed by atoms with van der Waals surface area (Å²) >= 11 is 0. The van der Waals surface area contributed by atoms with Gasteiger partial charge in [-0.15, -0.1) is 0 Å². The van der Waals surface area contributed by atoms with Crippen LogP contribution in [0.1, 0.15) is 53.1 Å². The van der Waals surface area contributed by atoms with Crippen LogP contribution in [0.2, 0.25) is 0 Å². The highest BCUT2D eigenvalue weighted by Crippen LogP contribution is 2.40. The molecule has 1 amide bonds. The molecule has 0 spiro atoms. The lowest BCUT2D eigenvalue weighted by Crippen LogP contribution is -2.21. The number of fused-ring (bicyclic) bond motifs is 1. The number of aryl methyl sites for hydroxylation is 3. The van der Waals surface area contributed by atoms with Crippen molar-refractivity contribution in [1.82, 2.24) is 30.0 Å². The minimum Gasteiger partial charge on any atom is -0.267 e. The van der Waals surface area contributed by atoms with E-state index in [4.69, 9.17) is 4.98 Å². The molecule has 3 aromatic rings. The van der Waals surface area contributed by atoms with Crippen molar-refractivity contribution >= 4 is 22.7 Å². The summed E-state index contributed by atoms with van der Waals surface area (Å²) in [7, 11) is 3.69. The molecule has 26 heavy (non-hydrogen) atoms. The first-order valence-electron chi connectivity index (χ1n) is 8.63. The van der Waals surface area contributed by atoms with Gasteiger partial charge in [0.15, 0.2) is 5.65 Å². The van der Waals surface area contributed by atoms with E-state index in [2.05, 4.69) is 20.7 Å². The largest absolute Gasteiger partial charge is 0.272 e. The van der Waals surface area contributed by atoms with Crippen LogP contribution in [0.3, 0.4) is 0 Å². The van der Waals surface area contributed by atoms with Crippen molar-refractivity contribution in [3.8, 4) is 0 Å². The lowest BCUT2D eigenvalue weighted by molar-refractivity contribution is 0.0956. The zero-order chi connectivity index (χ0) is 18.4. The maximum absolute atomic E-state index is 12.9. The number of hydrazone groups is 1. The number of hydrogen-bond donors (Lipinski definition) is 1. The number of nitrogens with zero attached hydrogens (tertiary/aromatic N) is 6. The Hall–Kier alpha value is -3.03. The zero-order valence-corrected chi connectivity index (χ0v) is 15.3. The number of amides is 1. The highest BCUT2D eigenvalue weighted by molar-refractivity contribution is 6.07.